The van der Waals surface area contributed by atoms with Crippen molar-refractivity contribution in [2.24, 2.45) is 0 Å². The van der Waals surface area contributed by atoms with Gasteiger partial charge in [-0.3, -0.25) is 0 Å². The van der Waals surface area contributed by atoms with Gasteiger partial charge in [-0.2, -0.15) is 4.74 Å². The summed E-state index contributed by atoms with van der Waals surface area (Å²) in [5, 5.41) is 11.8. The van der Waals surface area contributed by atoms with Crippen molar-refractivity contribution >= 4 is 23.3 Å². The number of rotatable bonds is 3. The Balaban J connectivity index is 3.29. The molecule has 17 heavy (non-hydrogen) atoms. The summed E-state index contributed by atoms with van der Waals surface area (Å²) in [5.41, 5.74) is -0.584. The number of carbonyl (C=O) groups excluding carboxylic acids is 2. The quantitative estimate of drug-likeness (QED) is 0.192. The summed E-state index contributed by atoms with van der Waals surface area (Å²) in [5.74, 6) is -2.09. The number of carbonyl (C=O) groups is 2. The van der Waals surface area contributed by atoms with E-state index < -0.39 is 17.7 Å². The maximum Gasteiger partial charge on any atom is 0.412 e. The van der Waals surface area contributed by atoms with Crippen LogP contribution in [0.1, 0.15) is 0 Å². The Labute approximate surface area is 97.7 Å². The summed E-state index contributed by atoms with van der Waals surface area (Å²) in [6.45, 7) is 0. The maximum absolute atomic E-state index is 11.8. The Morgan fingerprint density at radius 2 is 1.53 bits per heavy atom. The van der Waals surface area contributed by atoms with Gasteiger partial charge in [0.2, 0.25) is 5.69 Å². The molecule has 0 aliphatic rings. The van der Waals surface area contributed by atoms with Crippen LogP contribution in [-0.4, -0.2) is 36.6 Å². The van der Waals surface area contributed by atoms with Crippen LogP contribution in [0.3, 0.4) is 0 Å². The topological polar surface area (TPSA) is 78.7 Å². The van der Waals surface area contributed by atoms with Crippen LogP contribution in [0.2, 0.25) is 0 Å². The third-order valence-corrected chi connectivity index (χ3v) is 1.95. The van der Waals surface area contributed by atoms with Crippen LogP contribution in [0.25, 0.3) is 0 Å². The van der Waals surface area contributed by atoms with Crippen LogP contribution < -0.4 is 0 Å². The fourth-order valence-electron chi connectivity index (χ4n) is 1.13. The number of esters is 2. The van der Waals surface area contributed by atoms with Crippen molar-refractivity contribution in [1.82, 2.24) is 0 Å². The fraction of sp³-hybridized carbons (Fsp3) is 0.182. The molecule has 0 radical (unpaired) electrons. The molecule has 90 valence electrons. The monoisotopic (exact) mass is 237 g/mol. The van der Waals surface area contributed by atoms with Crippen molar-refractivity contribution in [2.75, 3.05) is 14.2 Å². The van der Waals surface area contributed by atoms with E-state index in [9.17, 15) is 14.8 Å². The SMILES string of the molecule is COC(=O)C(C(=O)OC)=[N+]([O-])c1ccccc1. The average molecular weight is 237 g/mol. The van der Waals surface area contributed by atoms with E-state index in [0.29, 0.717) is 0 Å². The first-order valence-electron chi connectivity index (χ1n) is 4.67. The van der Waals surface area contributed by atoms with E-state index >= 15 is 0 Å². The summed E-state index contributed by atoms with van der Waals surface area (Å²) < 4.78 is 8.90. The highest BCUT2D eigenvalue weighted by molar-refractivity contribution is 6.60. The van der Waals surface area contributed by atoms with Crippen molar-refractivity contribution in [3.8, 4) is 0 Å². The number of hydrogen-bond donors (Lipinski definition) is 0. The predicted octanol–water partition coefficient (Wildman–Crippen LogP) is 0.615. The van der Waals surface area contributed by atoms with Crippen LogP contribution in [-0.2, 0) is 19.1 Å². The van der Waals surface area contributed by atoms with E-state index in [1.165, 1.54) is 12.1 Å². The van der Waals surface area contributed by atoms with Gasteiger partial charge >= 0.3 is 17.7 Å². The normalized spacial score (nSPS) is 9.29. The Kier molecular flexibility index (Phi) is 4.21. The predicted molar refractivity (Wildman–Crippen MR) is 58.8 cm³/mol. The molecule has 1 aromatic carbocycles. The largest absolute Gasteiger partial charge is 0.617 e. The van der Waals surface area contributed by atoms with E-state index in [2.05, 4.69) is 9.47 Å². The molecule has 0 aromatic heterocycles. The second-order valence-electron chi connectivity index (χ2n) is 2.96. The van der Waals surface area contributed by atoms with E-state index in [0.717, 1.165) is 14.2 Å². The first kappa shape index (κ1) is 12.7. The average Bonchev–Trinajstić information content (AvgIpc) is 2.39. The number of benzene rings is 1. The molecule has 0 aliphatic heterocycles. The van der Waals surface area contributed by atoms with Gasteiger partial charge in [-0.1, -0.05) is 18.2 Å². The number of ether oxygens (including phenoxy) is 2. The minimum Gasteiger partial charge on any atom is -0.617 e. The van der Waals surface area contributed by atoms with Crippen LogP contribution in [0.4, 0.5) is 5.69 Å². The zero-order chi connectivity index (χ0) is 12.8. The smallest absolute Gasteiger partial charge is 0.412 e. The maximum atomic E-state index is 11.8. The molecule has 0 heterocycles. The van der Waals surface area contributed by atoms with Gasteiger partial charge in [-0.25, -0.2) is 9.59 Å². The summed E-state index contributed by atoms with van der Waals surface area (Å²) >= 11 is 0. The molecule has 0 aliphatic carbocycles. The summed E-state index contributed by atoms with van der Waals surface area (Å²) in [6.07, 6.45) is 0. The molecule has 1 rings (SSSR count). The summed E-state index contributed by atoms with van der Waals surface area (Å²) in [4.78, 5) is 22.7. The Morgan fingerprint density at radius 3 is 1.94 bits per heavy atom. The molecule has 1 aromatic rings. The second-order valence-corrected chi connectivity index (χ2v) is 2.96. The molecule has 0 atom stereocenters. The Bertz CT molecular complexity index is 434. The van der Waals surface area contributed by atoms with E-state index in [1.54, 1.807) is 18.2 Å². The lowest BCUT2D eigenvalue weighted by atomic mass is 10.3. The molecule has 0 saturated heterocycles. The molecule has 0 fully saturated rings. The number of methoxy groups -OCH3 is 2. The summed E-state index contributed by atoms with van der Waals surface area (Å²) in [6, 6.07) is 7.82. The number of nitrogens with zero attached hydrogens (tertiary/aromatic N) is 1. The third-order valence-electron chi connectivity index (χ3n) is 1.95. The molecule has 0 amide bonds. The summed E-state index contributed by atoms with van der Waals surface area (Å²) in [7, 11) is 2.15. The molecule has 0 saturated carbocycles. The standard InChI is InChI=1S/C11H11NO5/c1-16-10(13)9(11(14)17-2)12(15)8-6-4-3-5-7-8/h3-7H,1-2H3. The van der Waals surface area contributed by atoms with E-state index in [4.69, 9.17) is 0 Å². The number of para-hydroxylation sites is 1. The molecule has 0 unspecified atom stereocenters. The minimum atomic E-state index is -1.05. The molecule has 0 bridgehead atoms. The lowest BCUT2D eigenvalue weighted by Crippen LogP contribution is -2.32. The van der Waals surface area contributed by atoms with E-state index in [1.807, 2.05) is 0 Å². The van der Waals surface area contributed by atoms with Gasteiger partial charge in [0.05, 0.1) is 14.2 Å². The zero-order valence-corrected chi connectivity index (χ0v) is 9.38. The number of hydrogen-bond acceptors (Lipinski definition) is 5. The van der Waals surface area contributed by atoms with Gasteiger partial charge < -0.3 is 14.7 Å². The third kappa shape index (κ3) is 2.81. The lowest BCUT2D eigenvalue weighted by molar-refractivity contribution is -0.361. The van der Waals surface area contributed by atoms with Gasteiger partial charge in [0.25, 0.3) is 0 Å². The van der Waals surface area contributed by atoms with Gasteiger partial charge in [0.1, 0.15) is 0 Å². The highest BCUT2D eigenvalue weighted by atomic mass is 16.6. The first-order valence-corrected chi connectivity index (χ1v) is 4.67. The molecular weight excluding hydrogens is 226 g/mol. The minimum absolute atomic E-state index is 0.137. The fourth-order valence-corrected chi connectivity index (χ4v) is 1.13. The van der Waals surface area contributed by atoms with E-state index in [-0.39, 0.29) is 10.4 Å². The molecule has 6 nitrogen and oxygen atoms in total. The zero-order valence-electron chi connectivity index (χ0n) is 9.38. The molecule has 6 heteroatoms. The van der Waals surface area contributed by atoms with Gasteiger partial charge in [0, 0.05) is 12.1 Å². The van der Waals surface area contributed by atoms with Crippen LogP contribution in [0.5, 0.6) is 0 Å². The Morgan fingerprint density at radius 1 is 1.06 bits per heavy atom. The molecular formula is C11H11NO5. The highest BCUT2D eigenvalue weighted by Gasteiger charge is 2.32. The molecule has 0 N–H and O–H groups in total. The van der Waals surface area contributed by atoms with Gasteiger partial charge in [-0.15, -0.1) is 0 Å². The second kappa shape index (κ2) is 5.64. The van der Waals surface area contributed by atoms with Crippen LogP contribution in [0, 0.1) is 5.21 Å². The van der Waals surface area contributed by atoms with Crippen LogP contribution >= 0.6 is 0 Å². The molecule has 0 spiro atoms. The van der Waals surface area contributed by atoms with Crippen molar-refractivity contribution in [1.29, 1.82) is 0 Å². The lowest BCUT2D eigenvalue weighted by Gasteiger charge is -2.06. The van der Waals surface area contributed by atoms with Crippen molar-refractivity contribution in [3.05, 3.63) is 35.5 Å². The van der Waals surface area contributed by atoms with Gasteiger partial charge in [0.15, 0.2) is 0 Å². The van der Waals surface area contributed by atoms with Crippen molar-refractivity contribution in [2.45, 2.75) is 0 Å². The Hall–Kier alpha value is -2.37. The highest BCUT2D eigenvalue weighted by Crippen LogP contribution is 2.10. The van der Waals surface area contributed by atoms with Crippen molar-refractivity contribution in [3.63, 3.8) is 0 Å². The first-order chi connectivity index (χ1) is 8.11. The van der Waals surface area contributed by atoms with Crippen LogP contribution in [0.15, 0.2) is 30.3 Å². The van der Waals surface area contributed by atoms with Gasteiger partial charge in [-0.05, 0) is 0 Å². The van der Waals surface area contributed by atoms with Crippen molar-refractivity contribution < 1.29 is 23.8 Å².